The number of benzene rings is 1. The van der Waals surface area contributed by atoms with Crippen LogP contribution in [0.1, 0.15) is 18.1 Å². The predicted octanol–water partition coefficient (Wildman–Crippen LogP) is 1.87. The van der Waals surface area contributed by atoms with E-state index < -0.39 is 0 Å². The normalized spacial score (nSPS) is 16.9. The molecule has 1 unspecified atom stereocenters. The van der Waals surface area contributed by atoms with Gasteiger partial charge in [0.25, 0.3) is 0 Å². The maximum absolute atomic E-state index is 5.44. The summed E-state index contributed by atoms with van der Waals surface area (Å²) in [6, 6.07) is 4.49. The lowest BCUT2D eigenvalue weighted by atomic mass is 10.1. The fourth-order valence-corrected chi connectivity index (χ4v) is 2.36. The van der Waals surface area contributed by atoms with Gasteiger partial charge < -0.3 is 20.1 Å². The van der Waals surface area contributed by atoms with Crippen LogP contribution in [0.4, 0.5) is 0 Å². The van der Waals surface area contributed by atoms with Crippen molar-refractivity contribution in [1.82, 2.24) is 10.6 Å². The number of ether oxygens (including phenoxy) is 2. The molecule has 0 amide bonds. The van der Waals surface area contributed by atoms with Gasteiger partial charge in [0.05, 0.1) is 20.8 Å². The molecule has 0 fully saturated rings. The number of methoxy groups -OCH3 is 2. The minimum atomic E-state index is 0.397. The van der Waals surface area contributed by atoms with Crippen molar-refractivity contribution in [3.63, 3.8) is 0 Å². The van der Waals surface area contributed by atoms with E-state index >= 15 is 0 Å². The summed E-state index contributed by atoms with van der Waals surface area (Å²) in [6.45, 7) is 7.40. The molecule has 5 heteroatoms. The van der Waals surface area contributed by atoms with Crippen LogP contribution in [0.3, 0.4) is 0 Å². The number of hydrogen-bond donors (Lipinski definition) is 2. The van der Waals surface area contributed by atoms with Gasteiger partial charge in [0.15, 0.2) is 17.5 Å². The molecule has 1 aliphatic heterocycles. The van der Waals surface area contributed by atoms with Gasteiger partial charge in [0.2, 0.25) is 0 Å². The van der Waals surface area contributed by atoms with Crippen molar-refractivity contribution in [3.8, 4) is 11.5 Å². The van der Waals surface area contributed by atoms with Gasteiger partial charge in [-0.05, 0) is 31.0 Å². The van der Waals surface area contributed by atoms with Crippen molar-refractivity contribution in [3.05, 3.63) is 35.9 Å². The second-order valence-corrected chi connectivity index (χ2v) is 5.07. The third kappa shape index (κ3) is 3.68. The highest BCUT2D eigenvalue weighted by Crippen LogP contribution is 2.33. The van der Waals surface area contributed by atoms with Crippen molar-refractivity contribution in [2.75, 3.05) is 20.8 Å². The zero-order chi connectivity index (χ0) is 15.2. The Morgan fingerprint density at radius 3 is 2.81 bits per heavy atom. The van der Waals surface area contributed by atoms with Crippen molar-refractivity contribution >= 4 is 5.96 Å². The standard InChI is InChI=1S/C16H23N3O2/c1-5-6-13-7-12(8-14(20-3)15(13)21-4)10-18-16-17-9-11(2)19-16/h5,7-8,11H,1,6,9-10H2,2-4H3,(H2,17,18,19). The molecule has 1 aromatic rings. The minimum Gasteiger partial charge on any atom is -0.493 e. The first-order valence-electron chi connectivity index (χ1n) is 7.07. The monoisotopic (exact) mass is 289 g/mol. The fraction of sp³-hybridized carbons (Fsp3) is 0.438. The van der Waals surface area contributed by atoms with E-state index in [0.717, 1.165) is 41.6 Å². The number of aliphatic imine (C=N–C) groups is 1. The Hall–Kier alpha value is -2.17. The summed E-state index contributed by atoms with van der Waals surface area (Å²) in [6.07, 6.45) is 2.60. The van der Waals surface area contributed by atoms with E-state index in [0.29, 0.717) is 12.6 Å². The summed E-state index contributed by atoms with van der Waals surface area (Å²) in [5, 5.41) is 6.58. The molecule has 0 spiro atoms. The zero-order valence-electron chi connectivity index (χ0n) is 12.9. The van der Waals surface area contributed by atoms with Crippen LogP contribution in [0, 0.1) is 0 Å². The first kappa shape index (κ1) is 15.2. The van der Waals surface area contributed by atoms with Gasteiger partial charge in [-0.15, -0.1) is 6.58 Å². The lowest BCUT2D eigenvalue weighted by Gasteiger charge is -2.15. The van der Waals surface area contributed by atoms with Crippen LogP contribution < -0.4 is 20.1 Å². The summed E-state index contributed by atoms with van der Waals surface area (Å²) in [5.41, 5.74) is 2.19. The van der Waals surface area contributed by atoms with Gasteiger partial charge in [-0.25, -0.2) is 0 Å². The van der Waals surface area contributed by atoms with Crippen molar-refractivity contribution in [2.24, 2.45) is 4.99 Å². The molecule has 114 valence electrons. The first-order valence-corrected chi connectivity index (χ1v) is 7.07. The van der Waals surface area contributed by atoms with Gasteiger partial charge in [-0.1, -0.05) is 6.08 Å². The average molecular weight is 289 g/mol. The third-order valence-electron chi connectivity index (χ3n) is 3.35. The molecule has 5 nitrogen and oxygen atoms in total. The molecule has 0 saturated carbocycles. The molecule has 2 rings (SSSR count). The topological polar surface area (TPSA) is 54.9 Å². The van der Waals surface area contributed by atoms with Crippen molar-refractivity contribution in [2.45, 2.75) is 25.9 Å². The SMILES string of the molecule is C=CCc1cc(CNC2=NCC(C)N2)cc(OC)c1OC. The highest BCUT2D eigenvalue weighted by atomic mass is 16.5. The number of nitrogens with zero attached hydrogens (tertiary/aromatic N) is 1. The predicted molar refractivity (Wildman–Crippen MR) is 85.2 cm³/mol. The lowest BCUT2D eigenvalue weighted by molar-refractivity contribution is 0.352. The minimum absolute atomic E-state index is 0.397. The molecule has 1 aliphatic rings. The molecule has 1 heterocycles. The Morgan fingerprint density at radius 2 is 2.24 bits per heavy atom. The molecule has 0 aromatic heterocycles. The number of nitrogens with one attached hydrogen (secondary N) is 2. The number of hydrogen-bond acceptors (Lipinski definition) is 5. The van der Waals surface area contributed by atoms with Crippen molar-refractivity contribution < 1.29 is 9.47 Å². The van der Waals surface area contributed by atoms with Gasteiger partial charge in [0, 0.05) is 18.2 Å². The average Bonchev–Trinajstić information content (AvgIpc) is 2.90. The van der Waals surface area contributed by atoms with Crippen LogP contribution in [0.2, 0.25) is 0 Å². The summed E-state index contributed by atoms with van der Waals surface area (Å²) >= 11 is 0. The molecule has 1 aromatic carbocycles. The zero-order valence-corrected chi connectivity index (χ0v) is 12.9. The highest BCUT2D eigenvalue weighted by molar-refractivity contribution is 5.81. The molecule has 1 atom stereocenters. The molecule has 0 aliphatic carbocycles. The maximum atomic E-state index is 5.44. The Balaban J connectivity index is 2.15. The maximum Gasteiger partial charge on any atom is 0.191 e. The second kappa shape index (κ2) is 7.02. The number of rotatable bonds is 6. The van der Waals surface area contributed by atoms with Crippen LogP contribution >= 0.6 is 0 Å². The Morgan fingerprint density at radius 1 is 1.43 bits per heavy atom. The number of guanidine groups is 1. The quantitative estimate of drug-likeness (QED) is 0.785. The fourth-order valence-electron chi connectivity index (χ4n) is 2.36. The Bertz CT molecular complexity index is 541. The molecule has 0 saturated heterocycles. The van der Waals surface area contributed by atoms with Crippen LogP contribution in [0.5, 0.6) is 11.5 Å². The summed E-state index contributed by atoms with van der Waals surface area (Å²) < 4.78 is 10.9. The van der Waals surface area contributed by atoms with Gasteiger partial charge in [0.1, 0.15) is 0 Å². The summed E-state index contributed by atoms with van der Waals surface area (Å²) in [7, 11) is 3.30. The summed E-state index contributed by atoms with van der Waals surface area (Å²) in [5.74, 6) is 2.36. The first-order chi connectivity index (χ1) is 10.2. The molecule has 2 N–H and O–H groups in total. The van der Waals surface area contributed by atoms with Crippen LogP contribution in [0.25, 0.3) is 0 Å². The van der Waals surface area contributed by atoms with Crippen molar-refractivity contribution in [1.29, 1.82) is 0 Å². The van der Waals surface area contributed by atoms with E-state index in [1.54, 1.807) is 14.2 Å². The third-order valence-corrected chi connectivity index (χ3v) is 3.35. The Labute approximate surface area is 126 Å². The van der Waals surface area contributed by atoms with Gasteiger partial charge >= 0.3 is 0 Å². The van der Waals surface area contributed by atoms with E-state index in [9.17, 15) is 0 Å². The van der Waals surface area contributed by atoms with Crippen LogP contribution in [-0.4, -0.2) is 32.8 Å². The van der Waals surface area contributed by atoms with Gasteiger partial charge in [-0.2, -0.15) is 0 Å². The molecule has 0 radical (unpaired) electrons. The Kier molecular flexibility index (Phi) is 5.09. The van der Waals surface area contributed by atoms with E-state index in [1.807, 2.05) is 12.1 Å². The summed E-state index contributed by atoms with van der Waals surface area (Å²) in [4.78, 5) is 4.39. The van der Waals surface area contributed by atoms with Crippen LogP contribution in [-0.2, 0) is 13.0 Å². The lowest BCUT2D eigenvalue weighted by Crippen LogP contribution is -2.37. The second-order valence-electron chi connectivity index (χ2n) is 5.07. The molecule has 0 bridgehead atoms. The van der Waals surface area contributed by atoms with E-state index in [2.05, 4.69) is 35.2 Å². The molecular weight excluding hydrogens is 266 g/mol. The van der Waals surface area contributed by atoms with E-state index in [1.165, 1.54) is 0 Å². The van der Waals surface area contributed by atoms with E-state index in [4.69, 9.17) is 9.47 Å². The molecule has 21 heavy (non-hydrogen) atoms. The van der Waals surface area contributed by atoms with Gasteiger partial charge in [-0.3, -0.25) is 4.99 Å². The largest absolute Gasteiger partial charge is 0.493 e. The van der Waals surface area contributed by atoms with Crippen LogP contribution in [0.15, 0.2) is 29.8 Å². The highest BCUT2D eigenvalue weighted by Gasteiger charge is 2.14. The van der Waals surface area contributed by atoms with E-state index in [-0.39, 0.29) is 0 Å². The number of allylic oxidation sites excluding steroid dienone is 1. The smallest absolute Gasteiger partial charge is 0.191 e. The molecular formula is C16H23N3O2.